The van der Waals surface area contributed by atoms with Crippen molar-refractivity contribution in [2.45, 2.75) is 24.5 Å². The lowest BCUT2D eigenvalue weighted by atomic mass is 10.1. The molecule has 0 aliphatic carbocycles. The Kier molecular flexibility index (Phi) is 5.48. The number of hydrogen-bond donors (Lipinski definition) is 1. The molecule has 25 heavy (non-hydrogen) atoms. The standard InChI is InChI=1S/C17H17ClN2O2S3/c1-11(2)6-15-10-24-17(19-15)12-7-16(23-9-12)25(21,22)20-14-5-3-4-13(18)8-14/h3-5,7-11,20H,6H2,1-2H3. The number of aromatic nitrogens is 1. The molecule has 0 aliphatic heterocycles. The number of thiazole rings is 1. The Morgan fingerprint density at radius 2 is 2.00 bits per heavy atom. The maximum Gasteiger partial charge on any atom is 0.271 e. The summed E-state index contributed by atoms with van der Waals surface area (Å²) >= 11 is 8.62. The summed E-state index contributed by atoms with van der Waals surface area (Å²) in [5, 5.41) is 5.18. The zero-order valence-corrected chi connectivity index (χ0v) is 16.9. The van der Waals surface area contributed by atoms with Gasteiger partial charge in [-0.15, -0.1) is 22.7 Å². The first-order valence-corrected chi connectivity index (χ1v) is 11.3. The van der Waals surface area contributed by atoms with Crippen LogP contribution in [0.1, 0.15) is 19.5 Å². The van der Waals surface area contributed by atoms with Crippen LogP contribution in [0, 0.1) is 5.92 Å². The van der Waals surface area contributed by atoms with Crippen LogP contribution in [0.3, 0.4) is 0 Å². The molecule has 0 aliphatic rings. The van der Waals surface area contributed by atoms with Gasteiger partial charge in [-0.2, -0.15) is 0 Å². The lowest BCUT2D eigenvalue weighted by molar-refractivity contribution is 0.603. The van der Waals surface area contributed by atoms with E-state index < -0.39 is 10.0 Å². The van der Waals surface area contributed by atoms with Gasteiger partial charge < -0.3 is 0 Å². The zero-order chi connectivity index (χ0) is 18.0. The van der Waals surface area contributed by atoms with Crippen LogP contribution >= 0.6 is 34.3 Å². The van der Waals surface area contributed by atoms with Gasteiger partial charge in [-0.3, -0.25) is 4.72 Å². The number of anilines is 1. The molecule has 3 rings (SSSR count). The topological polar surface area (TPSA) is 59.1 Å². The van der Waals surface area contributed by atoms with Gasteiger partial charge in [0.05, 0.1) is 11.4 Å². The average Bonchev–Trinajstić information content (AvgIpc) is 3.15. The Hall–Kier alpha value is -1.41. The van der Waals surface area contributed by atoms with Gasteiger partial charge in [0.15, 0.2) is 0 Å². The molecule has 1 N–H and O–H groups in total. The number of hydrogen-bond acceptors (Lipinski definition) is 5. The second kappa shape index (κ2) is 7.45. The summed E-state index contributed by atoms with van der Waals surface area (Å²) in [4.78, 5) is 4.60. The van der Waals surface area contributed by atoms with E-state index in [1.54, 1.807) is 30.3 Å². The summed E-state index contributed by atoms with van der Waals surface area (Å²) in [7, 11) is -3.64. The Bertz CT molecular complexity index is 977. The van der Waals surface area contributed by atoms with Gasteiger partial charge in [-0.25, -0.2) is 13.4 Å². The van der Waals surface area contributed by atoms with Crippen LogP contribution in [0.15, 0.2) is 45.3 Å². The fourth-order valence-corrected chi connectivity index (χ4v) is 5.58. The molecule has 0 unspecified atom stereocenters. The van der Waals surface area contributed by atoms with E-state index in [9.17, 15) is 8.42 Å². The van der Waals surface area contributed by atoms with Crippen molar-refractivity contribution in [1.82, 2.24) is 4.98 Å². The molecule has 3 aromatic rings. The highest BCUT2D eigenvalue weighted by Crippen LogP contribution is 2.32. The van der Waals surface area contributed by atoms with Gasteiger partial charge >= 0.3 is 0 Å². The molecule has 0 saturated carbocycles. The number of thiophene rings is 1. The summed E-state index contributed by atoms with van der Waals surface area (Å²) in [6, 6.07) is 8.30. The van der Waals surface area contributed by atoms with Crippen molar-refractivity contribution >= 4 is 50.0 Å². The van der Waals surface area contributed by atoms with Gasteiger partial charge in [-0.05, 0) is 36.6 Å². The first-order valence-electron chi connectivity index (χ1n) is 7.65. The highest BCUT2D eigenvalue weighted by molar-refractivity contribution is 7.94. The van der Waals surface area contributed by atoms with Crippen molar-refractivity contribution < 1.29 is 8.42 Å². The third-order valence-electron chi connectivity index (χ3n) is 3.33. The van der Waals surface area contributed by atoms with E-state index in [1.807, 2.05) is 10.8 Å². The molecule has 132 valence electrons. The molecule has 0 spiro atoms. The largest absolute Gasteiger partial charge is 0.279 e. The summed E-state index contributed by atoms with van der Waals surface area (Å²) in [5.74, 6) is 0.537. The molecule has 2 aromatic heterocycles. The predicted octanol–water partition coefficient (Wildman–Crippen LogP) is 5.52. The predicted molar refractivity (Wildman–Crippen MR) is 106 cm³/mol. The zero-order valence-electron chi connectivity index (χ0n) is 13.7. The van der Waals surface area contributed by atoms with Gasteiger partial charge in [0.25, 0.3) is 10.0 Å². The first-order chi connectivity index (χ1) is 11.8. The molecule has 0 amide bonds. The molecular formula is C17H17ClN2O2S3. The fraction of sp³-hybridized carbons (Fsp3) is 0.235. The molecular weight excluding hydrogens is 396 g/mol. The maximum atomic E-state index is 12.5. The van der Waals surface area contributed by atoms with E-state index >= 15 is 0 Å². The molecule has 1 aromatic carbocycles. The van der Waals surface area contributed by atoms with Crippen LogP contribution in [-0.4, -0.2) is 13.4 Å². The van der Waals surface area contributed by atoms with Crippen molar-refractivity contribution in [3.63, 3.8) is 0 Å². The first kappa shape index (κ1) is 18.4. The van der Waals surface area contributed by atoms with Crippen LogP contribution in [0.4, 0.5) is 5.69 Å². The van der Waals surface area contributed by atoms with Crippen molar-refractivity contribution in [2.24, 2.45) is 5.92 Å². The molecule has 8 heteroatoms. The third-order valence-corrected chi connectivity index (χ3v) is 7.33. The summed E-state index contributed by atoms with van der Waals surface area (Å²) < 4.78 is 27.9. The quantitative estimate of drug-likeness (QED) is 0.579. The normalized spacial score (nSPS) is 11.8. The molecule has 4 nitrogen and oxygen atoms in total. The maximum absolute atomic E-state index is 12.5. The van der Waals surface area contributed by atoms with E-state index in [0.29, 0.717) is 16.6 Å². The Labute approximate surface area is 160 Å². The van der Waals surface area contributed by atoms with Crippen molar-refractivity contribution in [3.8, 4) is 10.6 Å². The number of sulfonamides is 1. The van der Waals surface area contributed by atoms with Crippen LogP contribution in [0.5, 0.6) is 0 Å². The molecule has 0 radical (unpaired) electrons. The van der Waals surface area contributed by atoms with Crippen LogP contribution in [-0.2, 0) is 16.4 Å². The molecule has 0 saturated heterocycles. The second-order valence-corrected chi connectivity index (χ2v) is 10.1. The monoisotopic (exact) mass is 412 g/mol. The summed E-state index contributed by atoms with van der Waals surface area (Å²) in [6.45, 7) is 4.30. The van der Waals surface area contributed by atoms with Gasteiger partial charge in [0.1, 0.15) is 9.22 Å². The van der Waals surface area contributed by atoms with Crippen molar-refractivity contribution in [3.05, 3.63) is 51.8 Å². The Morgan fingerprint density at radius 1 is 1.20 bits per heavy atom. The average molecular weight is 413 g/mol. The molecule has 0 fully saturated rings. The number of halogens is 1. The van der Waals surface area contributed by atoms with E-state index in [0.717, 1.165) is 22.7 Å². The third kappa shape index (κ3) is 4.61. The van der Waals surface area contributed by atoms with E-state index in [1.165, 1.54) is 22.7 Å². The van der Waals surface area contributed by atoms with Crippen LogP contribution in [0.2, 0.25) is 5.02 Å². The van der Waals surface area contributed by atoms with Gasteiger partial charge in [0.2, 0.25) is 0 Å². The molecule has 0 bridgehead atoms. The number of nitrogens with zero attached hydrogens (tertiary/aromatic N) is 1. The van der Waals surface area contributed by atoms with Crippen molar-refractivity contribution in [1.29, 1.82) is 0 Å². The smallest absolute Gasteiger partial charge is 0.271 e. The minimum absolute atomic E-state index is 0.253. The number of rotatable bonds is 6. The number of benzene rings is 1. The molecule has 0 atom stereocenters. The lowest BCUT2D eigenvalue weighted by Crippen LogP contribution is -2.11. The van der Waals surface area contributed by atoms with Crippen molar-refractivity contribution in [2.75, 3.05) is 4.72 Å². The SMILES string of the molecule is CC(C)Cc1csc(-c2csc(S(=O)(=O)Nc3cccc(Cl)c3)c2)n1. The highest BCUT2D eigenvalue weighted by atomic mass is 35.5. The summed E-state index contributed by atoms with van der Waals surface area (Å²) in [5.41, 5.74) is 2.31. The number of nitrogens with one attached hydrogen (secondary N) is 1. The lowest BCUT2D eigenvalue weighted by Gasteiger charge is -2.06. The Morgan fingerprint density at radius 3 is 2.72 bits per heavy atom. The van der Waals surface area contributed by atoms with E-state index in [2.05, 4.69) is 23.6 Å². The van der Waals surface area contributed by atoms with Crippen LogP contribution in [0.25, 0.3) is 10.6 Å². The highest BCUT2D eigenvalue weighted by Gasteiger charge is 2.19. The fourth-order valence-electron chi connectivity index (χ4n) is 2.28. The summed E-state index contributed by atoms with van der Waals surface area (Å²) in [6.07, 6.45) is 0.919. The second-order valence-electron chi connectivity index (χ2n) is 6.01. The van der Waals surface area contributed by atoms with E-state index in [4.69, 9.17) is 11.6 Å². The van der Waals surface area contributed by atoms with E-state index in [-0.39, 0.29) is 4.21 Å². The minimum Gasteiger partial charge on any atom is -0.279 e. The van der Waals surface area contributed by atoms with Gasteiger partial charge in [0, 0.05) is 21.3 Å². The molecule has 2 heterocycles. The Balaban J connectivity index is 1.81. The van der Waals surface area contributed by atoms with Crippen LogP contribution < -0.4 is 4.72 Å². The van der Waals surface area contributed by atoms with Gasteiger partial charge in [-0.1, -0.05) is 31.5 Å². The minimum atomic E-state index is -3.64.